The van der Waals surface area contributed by atoms with Gasteiger partial charge >= 0.3 is 5.97 Å². The van der Waals surface area contributed by atoms with Crippen molar-refractivity contribution in [2.24, 2.45) is 5.92 Å². The Kier molecular flexibility index (Phi) is 22.2. The monoisotopic (exact) mass is 729 g/mol. The van der Waals surface area contributed by atoms with Gasteiger partial charge in [-0.15, -0.1) is 5.92 Å². The fourth-order valence-corrected chi connectivity index (χ4v) is 6.35. The van der Waals surface area contributed by atoms with Crippen molar-refractivity contribution >= 4 is 17.7 Å². The first-order valence-corrected chi connectivity index (χ1v) is 19.1. The van der Waals surface area contributed by atoms with Gasteiger partial charge in [0.2, 0.25) is 5.91 Å². The number of aliphatic carboxylic acids is 1. The number of ether oxygens (including phenoxy) is 4. The van der Waals surface area contributed by atoms with Crippen LogP contribution in [0, 0.1) is 17.8 Å². The lowest BCUT2D eigenvalue weighted by atomic mass is 9.82. The minimum Gasteiger partial charge on any atom is -0.481 e. The number of nitrogens with one attached hydrogen (secondary N) is 1. The largest absolute Gasteiger partial charge is 0.481 e. The molecule has 0 radical (unpaired) electrons. The molecule has 0 spiro atoms. The number of carboxylic acid groups (broad SMARTS) is 1. The lowest BCUT2D eigenvalue weighted by Gasteiger charge is -2.31. The predicted octanol–water partition coefficient (Wildman–Crippen LogP) is 5.93. The number of amides is 1. The summed E-state index contributed by atoms with van der Waals surface area (Å²) in [6, 6.07) is 6.03. The molecule has 1 heterocycles. The van der Waals surface area contributed by atoms with E-state index < -0.39 is 35.2 Å². The number of rotatable bonds is 29. The summed E-state index contributed by atoms with van der Waals surface area (Å²) < 4.78 is 22.7. The van der Waals surface area contributed by atoms with Crippen LogP contribution < -0.4 is 10.1 Å². The molecule has 1 aliphatic rings. The van der Waals surface area contributed by atoms with Crippen molar-refractivity contribution in [1.82, 2.24) is 5.32 Å². The van der Waals surface area contributed by atoms with Gasteiger partial charge in [0.05, 0.1) is 25.2 Å². The van der Waals surface area contributed by atoms with Gasteiger partial charge in [0.15, 0.2) is 17.2 Å². The van der Waals surface area contributed by atoms with Crippen LogP contribution in [0.3, 0.4) is 0 Å². The van der Waals surface area contributed by atoms with Crippen molar-refractivity contribution < 1.29 is 48.7 Å². The molecular weight excluding hydrogens is 666 g/mol. The van der Waals surface area contributed by atoms with E-state index in [9.17, 15) is 29.7 Å². The number of carbonyl (C=O) groups excluding carboxylic acids is 2. The number of hydrogen-bond donors (Lipinski definition) is 4. The van der Waals surface area contributed by atoms with Crippen molar-refractivity contribution in [3.63, 3.8) is 0 Å². The van der Waals surface area contributed by atoms with Gasteiger partial charge < -0.3 is 39.6 Å². The Bertz CT molecular complexity index is 1260. The number of benzene rings is 1. The van der Waals surface area contributed by atoms with Crippen LogP contribution >= 0.6 is 0 Å². The molecule has 1 saturated heterocycles. The van der Waals surface area contributed by atoms with E-state index in [-0.39, 0.29) is 51.3 Å². The van der Waals surface area contributed by atoms with Crippen molar-refractivity contribution in [1.29, 1.82) is 0 Å². The van der Waals surface area contributed by atoms with Gasteiger partial charge in [-0.1, -0.05) is 75.7 Å². The highest BCUT2D eigenvalue weighted by Gasteiger charge is 2.47. The van der Waals surface area contributed by atoms with Gasteiger partial charge in [-0.05, 0) is 63.1 Å². The first kappa shape index (κ1) is 44.9. The molecule has 292 valence electrons. The van der Waals surface area contributed by atoms with E-state index in [1.165, 1.54) is 38.9 Å². The third-order valence-electron chi connectivity index (χ3n) is 9.47. The second kappa shape index (κ2) is 25.7. The van der Waals surface area contributed by atoms with E-state index in [1.807, 2.05) is 0 Å². The number of aliphatic hydroxyl groups excluding tert-OH is 1. The quantitative estimate of drug-likeness (QED) is 0.0442. The Hall–Kier alpha value is -3.27. The van der Waals surface area contributed by atoms with Crippen LogP contribution in [0.2, 0.25) is 0 Å². The topological polar surface area (TPSA) is 161 Å². The highest BCUT2D eigenvalue weighted by Crippen LogP contribution is 2.32. The molecular formula is C41H63NO10. The zero-order valence-corrected chi connectivity index (χ0v) is 31.7. The molecule has 0 saturated carbocycles. The molecule has 3 atom stereocenters. The number of aliphatic hydroxyl groups is 2. The highest BCUT2D eigenvalue weighted by molar-refractivity contribution is 5.94. The third-order valence-corrected chi connectivity index (χ3v) is 9.47. The van der Waals surface area contributed by atoms with Crippen LogP contribution in [-0.4, -0.2) is 90.6 Å². The van der Waals surface area contributed by atoms with Crippen molar-refractivity contribution in [2.75, 3.05) is 40.1 Å². The third kappa shape index (κ3) is 16.2. The summed E-state index contributed by atoms with van der Waals surface area (Å²) in [5.74, 6) is 1.58. The molecule has 2 rings (SSSR count). The molecule has 1 amide bonds. The van der Waals surface area contributed by atoms with E-state index in [0.717, 1.165) is 50.5 Å². The summed E-state index contributed by atoms with van der Waals surface area (Å²) in [6.07, 6.45) is 15.2. The molecule has 1 aromatic rings. The van der Waals surface area contributed by atoms with Crippen molar-refractivity contribution in [3.05, 3.63) is 42.0 Å². The lowest BCUT2D eigenvalue weighted by Crippen LogP contribution is -2.55. The van der Waals surface area contributed by atoms with Gasteiger partial charge in [-0.25, -0.2) is 4.79 Å². The van der Waals surface area contributed by atoms with Crippen LogP contribution in [0.5, 0.6) is 5.75 Å². The normalized spacial score (nSPS) is 16.1. The fourth-order valence-electron chi connectivity index (χ4n) is 6.35. The van der Waals surface area contributed by atoms with Crippen LogP contribution in [0.1, 0.15) is 116 Å². The summed E-state index contributed by atoms with van der Waals surface area (Å²) in [6.45, 7) is 5.16. The van der Waals surface area contributed by atoms with E-state index in [4.69, 9.17) is 18.9 Å². The maximum Gasteiger partial charge on any atom is 0.336 e. The number of carbonyl (C=O) groups is 3. The zero-order valence-electron chi connectivity index (χ0n) is 31.7. The minimum absolute atomic E-state index is 0.0179. The zero-order chi connectivity index (χ0) is 38.1. The number of Topliss-reactive ketones (excluding diaryl/α,β-unsaturated/α-hetero) is 1. The SMILES string of the molecule is CC#CCOc1ccc(C[C@H](NC(=O)[C@@H](/C=C/CCCCCCC2(CCCCCCC)OCCO2)[C@@](O)(CCOC)C(=O)O)C(=O)CCCO)cc1. The Morgan fingerprint density at radius 1 is 1.00 bits per heavy atom. The van der Waals surface area contributed by atoms with Crippen LogP contribution in [0.15, 0.2) is 36.4 Å². The molecule has 1 aromatic carbocycles. The van der Waals surface area contributed by atoms with E-state index in [2.05, 4.69) is 24.1 Å². The number of ketones is 1. The highest BCUT2D eigenvalue weighted by atomic mass is 16.7. The smallest absolute Gasteiger partial charge is 0.336 e. The molecule has 0 unspecified atom stereocenters. The lowest BCUT2D eigenvalue weighted by molar-refractivity contribution is -0.169. The number of hydrogen-bond acceptors (Lipinski definition) is 9. The van der Waals surface area contributed by atoms with E-state index in [1.54, 1.807) is 37.3 Å². The Morgan fingerprint density at radius 2 is 1.65 bits per heavy atom. The Balaban J connectivity index is 2.08. The average Bonchev–Trinajstić information content (AvgIpc) is 3.61. The summed E-state index contributed by atoms with van der Waals surface area (Å²) >= 11 is 0. The van der Waals surface area contributed by atoms with Crippen LogP contribution in [0.4, 0.5) is 0 Å². The van der Waals surface area contributed by atoms with E-state index >= 15 is 0 Å². The average molecular weight is 730 g/mol. The number of carboxylic acids is 1. The van der Waals surface area contributed by atoms with Crippen LogP contribution in [0.25, 0.3) is 0 Å². The number of allylic oxidation sites excluding steroid dienone is 1. The molecule has 4 N–H and O–H groups in total. The first-order valence-electron chi connectivity index (χ1n) is 19.1. The van der Waals surface area contributed by atoms with Gasteiger partial charge in [0.1, 0.15) is 12.4 Å². The molecule has 11 heteroatoms. The first-order chi connectivity index (χ1) is 25.1. The molecule has 52 heavy (non-hydrogen) atoms. The van der Waals surface area contributed by atoms with Gasteiger partial charge in [0, 0.05) is 46.0 Å². The summed E-state index contributed by atoms with van der Waals surface area (Å²) in [5.41, 5.74) is -1.73. The fraction of sp³-hybridized carbons (Fsp3) is 0.683. The van der Waals surface area contributed by atoms with Crippen molar-refractivity contribution in [2.45, 2.75) is 134 Å². The number of unbranched alkanes of at least 4 members (excludes halogenated alkanes) is 8. The summed E-state index contributed by atoms with van der Waals surface area (Å²) in [7, 11) is 1.39. The van der Waals surface area contributed by atoms with Crippen LogP contribution in [-0.2, 0) is 35.0 Å². The molecule has 0 aromatic heterocycles. The molecule has 0 bridgehead atoms. The van der Waals surface area contributed by atoms with Gasteiger partial charge in [0.25, 0.3) is 0 Å². The van der Waals surface area contributed by atoms with E-state index in [0.29, 0.717) is 25.4 Å². The maximum atomic E-state index is 13.8. The Morgan fingerprint density at radius 3 is 2.25 bits per heavy atom. The second-order valence-corrected chi connectivity index (χ2v) is 13.5. The maximum absolute atomic E-state index is 13.8. The summed E-state index contributed by atoms with van der Waals surface area (Å²) in [5, 5.41) is 33.6. The van der Waals surface area contributed by atoms with Gasteiger partial charge in [-0.2, -0.15) is 0 Å². The predicted molar refractivity (Wildman–Crippen MR) is 200 cm³/mol. The minimum atomic E-state index is -2.47. The Labute approximate surface area is 310 Å². The molecule has 1 fully saturated rings. The molecule has 1 aliphatic heterocycles. The van der Waals surface area contributed by atoms with Gasteiger partial charge in [-0.3, -0.25) is 9.59 Å². The second-order valence-electron chi connectivity index (χ2n) is 13.5. The molecule has 11 nitrogen and oxygen atoms in total. The number of methoxy groups -OCH3 is 1. The standard InChI is InChI=1S/C41H63NO10/c1-4-6-8-12-15-24-40(51-30-31-52-40)25-16-13-10-9-11-14-18-35(41(48,39(46)47)26-29-49-3)38(45)42-36(37(44)19-17-27-43)32-33-20-22-34(23-21-33)50-28-7-5-2/h14,18,20-23,35-36,43,48H,4,6,8-13,15-17,19,24-32H2,1-3H3,(H,42,45)(H,46,47)/b18-14+/t35-,36+,41+/m1/s1. The molecule has 0 aliphatic carbocycles. The van der Waals surface area contributed by atoms with Crippen molar-refractivity contribution in [3.8, 4) is 17.6 Å². The summed E-state index contributed by atoms with van der Waals surface area (Å²) in [4.78, 5) is 39.5.